The van der Waals surface area contributed by atoms with Gasteiger partial charge >= 0.3 is 0 Å². The van der Waals surface area contributed by atoms with Crippen molar-refractivity contribution in [1.82, 2.24) is 15.1 Å². The molecule has 0 aromatic carbocycles. The van der Waals surface area contributed by atoms with Crippen LogP contribution < -0.4 is 5.32 Å². The van der Waals surface area contributed by atoms with E-state index in [1.807, 2.05) is 6.20 Å². The van der Waals surface area contributed by atoms with Crippen LogP contribution in [0, 0.1) is 0 Å². The van der Waals surface area contributed by atoms with Crippen LogP contribution in [0.2, 0.25) is 0 Å². The lowest BCUT2D eigenvalue weighted by Crippen LogP contribution is -2.18. The molecule has 1 heterocycles. The van der Waals surface area contributed by atoms with E-state index >= 15 is 0 Å². The zero-order valence-corrected chi connectivity index (χ0v) is 10.2. The van der Waals surface area contributed by atoms with Crippen LogP contribution in [-0.2, 0) is 6.54 Å². The minimum Gasteiger partial charge on any atom is -0.311 e. The number of unbranched alkanes of at least 4 members (excludes halogenated alkanes) is 2. The Hall–Kier alpha value is -0.830. The second-order valence-electron chi connectivity index (χ2n) is 4.24. The van der Waals surface area contributed by atoms with Gasteiger partial charge in [0, 0.05) is 18.8 Å². The second-order valence-corrected chi connectivity index (χ2v) is 4.24. The first-order chi connectivity index (χ1) is 7.25. The van der Waals surface area contributed by atoms with Crippen LogP contribution in [0.15, 0.2) is 12.3 Å². The van der Waals surface area contributed by atoms with E-state index in [-0.39, 0.29) is 0 Å². The van der Waals surface area contributed by atoms with Crippen molar-refractivity contribution in [3.63, 3.8) is 0 Å². The van der Waals surface area contributed by atoms with Crippen molar-refractivity contribution in [3.05, 3.63) is 18.0 Å². The molecule has 0 atom stereocenters. The Morgan fingerprint density at radius 3 is 2.87 bits per heavy atom. The third-order valence-corrected chi connectivity index (χ3v) is 2.50. The molecular formula is C12H23N3. The van der Waals surface area contributed by atoms with E-state index in [9.17, 15) is 0 Å². The lowest BCUT2D eigenvalue weighted by atomic mass is 10.2. The van der Waals surface area contributed by atoms with E-state index in [0.29, 0.717) is 6.04 Å². The van der Waals surface area contributed by atoms with Gasteiger partial charge in [0.15, 0.2) is 0 Å². The fourth-order valence-corrected chi connectivity index (χ4v) is 1.66. The molecule has 1 aromatic heterocycles. The minimum atomic E-state index is 0.451. The number of hydrogen-bond acceptors (Lipinski definition) is 2. The Morgan fingerprint density at radius 2 is 2.20 bits per heavy atom. The van der Waals surface area contributed by atoms with Crippen molar-refractivity contribution in [2.75, 3.05) is 6.54 Å². The first kappa shape index (κ1) is 12.2. The summed E-state index contributed by atoms with van der Waals surface area (Å²) in [5.41, 5.74) is 1.28. The highest BCUT2D eigenvalue weighted by Gasteiger charge is 2.04. The Morgan fingerprint density at radius 1 is 1.40 bits per heavy atom. The fourth-order valence-electron chi connectivity index (χ4n) is 1.66. The lowest BCUT2D eigenvalue weighted by Gasteiger charge is -2.11. The second kappa shape index (κ2) is 6.62. The molecule has 0 aliphatic rings. The topological polar surface area (TPSA) is 29.9 Å². The zero-order chi connectivity index (χ0) is 11.1. The van der Waals surface area contributed by atoms with E-state index in [0.717, 1.165) is 13.1 Å². The molecule has 0 radical (unpaired) electrons. The Balaban J connectivity index is 2.28. The summed E-state index contributed by atoms with van der Waals surface area (Å²) < 4.78 is 2.08. The van der Waals surface area contributed by atoms with Gasteiger partial charge in [0.2, 0.25) is 0 Å². The van der Waals surface area contributed by atoms with E-state index in [2.05, 4.69) is 41.9 Å². The number of rotatable bonds is 7. The third kappa shape index (κ3) is 4.04. The van der Waals surface area contributed by atoms with E-state index < -0.39 is 0 Å². The number of nitrogens with one attached hydrogen (secondary N) is 1. The highest BCUT2D eigenvalue weighted by atomic mass is 15.3. The first-order valence-corrected chi connectivity index (χ1v) is 5.98. The Bertz CT molecular complexity index is 266. The highest BCUT2D eigenvalue weighted by molar-refractivity contribution is 5.00. The van der Waals surface area contributed by atoms with Crippen LogP contribution >= 0.6 is 0 Å². The Labute approximate surface area is 92.9 Å². The summed E-state index contributed by atoms with van der Waals surface area (Å²) in [6.07, 6.45) is 5.75. The van der Waals surface area contributed by atoms with Gasteiger partial charge in [-0.25, -0.2) is 0 Å². The summed E-state index contributed by atoms with van der Waals surface area (Å²) in [5, 5.41) is 7.76. The van der Waals surface area contributed by atoms with Crippen molar-refractivity contribution >= 4 is 0 Å². The molecule has 0 spiro atoms. The fraction of sp³-hybridized carbons (Fsp3) is 0.750. The van der Waals surface area contributed by atoms with Gasteiger partial charge in [-0.2, -0.15) is 5.10 Å². The van der Waals surface area contributed by atoms with Crippen LogP contribution in [0.25, 0.3) is 0 Å². The average Bonchev–Trinajstić information content (AvgIpc) is 2.66. The van der Waals surface area contributed by atoms with E-state index in [1.165, 1.54) is 25.0 Å². The van der Waals surface area contributed by atoms with Crippen LogP contribution in [-0.4, -0.2) is 16.3 Å². The molecule has 0 amide bonds. The van der Waals surface area contributed by atoms with Gasteiger partial charge in [0.1, 0.15) is 0 Å². The SMILES string of the molecule is CCCCCNCc1ccnn1C(C)C. The van der Waals surface area contributed by atoms with Gasteiger partial charge < -0.3 is 5.32 Å². The zero-order valence-electron chi connectivity index (χ0n) is 10.2. The molecule has 1 N–H and O–H groups in total. The normalized spacial score (nSPS) is 11.2. The monoisotopic (exact) mass is 209 g/mol. The predicted octanol–water partition coefficient (Wildman–Crippen LogP) is 2.74. The van der Waals surface area contributed by atoms with Gasteiger partial charge in [0.25, 0.3) is 0 Å². The maximum absolute atomic E-state index is 4.31. The molecule has 15 heavy (non-hydrogen) atoms. The van der Waals surface area contributed by atoms with Crippen molar-refractivity contribution in [3.8, 4) is 0 Å². The molecule has 1 rings (SSSR count). The number of aromatic nitrogens is 2. The van der Waals surface area contributed by atoms with Gasteiger partial charge in [-0.15, -0.1) is 0 Å². The average molecular weight is 209 g/mol. The molecule has 0 aliphatic carbocycles. The molecule has 86 valence electrons. The standard InChI is InChI=1S/C12H23N3/c1-4-5-6-8-13-10-12-7-9-14-15(12)11(2)3/h7,9,11,13H,4-6,8,10H2,1-3H3. The molecule has 1 aromatic rings. The molecule has 0 aliphatic heterocycles. The molecule has 0 unspecified atom stereocenters. The van der Waals surface area contributed by atoms with Gasteiger partial charge in [-0.3, -0.25) is 4.68 Å². The Kier molecular flexibility index (Phi) is 5.40. The predicted molar refractivity (Wildman–Crippen MR) is 63.8 cm³/mol. The molecule has 0 fully saturated rings. The smallest absolute Gasteiger partial charge is 0.0525 e. The largest absolute Gasteiger partial charge is 0.311 e. The van der Waals surface area contributed by atoms with Gasteiger partial charge in [-0.1, -0.05) is 19.8 Å². The molecular weight excluding hydrogens is 186 g/mol. The maximum Gasteiger partial charge on any atom is 0.0525 e. The quantitative estimate of drug-likeness (QED) is 0.700. The van der Waals surface area contributed by atoms with Crippen LogP contribution in [0.3, 0.4) is 0 Å². The van der Waals surface area contributed by atoms with Crippen molar-refractivity contribution < 1.29 is 0 Å². The molecule has 0 saturated heterocycles. The lowest BCUT2D eigenvalue weighted by molar-refractivity contribution is 0.492. The summed E-state index contributed by atoms with van der Waals surface area (Å²) in [6, 6.07) is 2.54. The van der Waals surface area contributed by atoms with Crippen LogP contribution in [0.4, 0.5) is 0 Å². The minimum absolute atomic E-state index is 0.451. The van der Waals surface area contributed by atoms with Crippen LogP contribution in [0.1, 0.15) is 51.8 Å². The van der Waals surface area contributed by atoms with E-state index in [1.54, 1.807) is 0 Å². The summed E-state index contributed by atoms with van der Waals surface area (Å²) in [4.78, 5) is 0. The van der Waals surface area contributed by atoms with Gasteiger partial charge in [-0.05, 0) is 32.9 Å². The third-order valence-electron chi connectivity index (χ3n) is 2.50. The number of hydrogen-bond donors (Lipinski definition) is 1. The van der Waals surface area contributed by atoms with Crippen molar-refractivity contribution in [2.45, 2.75) is 52.6 Å². The maximum atomic E-state index is 4.31. The van der Waals surface area contributed by atoms with Crippen molar-refractivity contribution in [1.29, 1.82) is 0 Å². The first-order valence-electron chi connectivity index (χ1n) is 5.98. The number of nitrogens with zero attached hydrogens (tertiary/aromatic N) is 2. The van der Waals surface area contributed by atoms with E-state index in [4.69, 9.17) is 0 Å². The molecule has 3 heteroatoms. The van der Waals surface area contributed by atoms with Gasteiger partial charge in [0.05, 0.1) is 5.69 Å². The molecule has 0 saturated carbocycles. The van der Waals surface area contributed by atoms with Crippen molar-refractivity contribution in [2.24, 2.45) is 0 Å². The summed E-state index contributed by atoms with van der Waals surface area (Å²) in [7, 11) is 0. The highest BCUT2D eigenvalue weighted by Crippen LogP contribution is 2.07. The van der Waals surface area contributed by atoms with Crippen LogP contribution in [0.5, 0.6) is 0 Å². The summed E-state index contributed by atoms with van der Waals surface area (Å²) >= 11 is 0. The summed E-state index contributed by atoms with van der Waals surface area (Å²) in [5.74, 6) is 0. The summed E-state index contributed by atoms with van der Waals surface area (Å²) in [6.45, 7) is 8.59. The molecule has 3 nitrogen and oxygen atoms in total. The molecule has 0 bridgehead atoms.